The Balaban J connectivity index is 1.64. The second-order valence-electron chi connectivity index (χ2n) is 8.92. The molecule has 1 aliphatic rings. The average Bonchev–Trinajstić information content (AvgIpc) is 3.24. The van der Waals surface area contributed by atoms with Crippen LogP contribution in [-0.2, 0) is 4.57 Å². The van der Waals surface area contributed by atoms with E-state index in [2.05, 4.69) is 17.4 Å². The maximum Gasteiger partial charge on any atom is 0.255 e. The molecule has 5 aromatic carbocycles. The van der Waals surface area contributed by atoms with E-state index < -0.39 is 7.14 Å². The first-order valence-corrected chi connectivity index (χ1v) is 13.9. The molecule has 0 saturated carbocycles. The lowest BCUT2D eigenvalue weighted by Crippen LogP contribution is -2.16. The van der Waals surface area contributed by atoms with E-state index in [9.17, 15) is 4.79 Å². The predicted octanol–water partition coefficient (Wildman–Crippen LogP) is 7.18. The number of amides is 1. The molecule has 0 saturated heterocycles. The number of fused-ring (bicyclic) bond motifs is 1. The summed E-state index contributed by atoms with van der Waals surface area (Å²) in [6.07, 6.45) is 0. The Morgan fingerprint density at radius 2 is 1.11 bits per heavy atom. The van der Waals surface area contributed by atoms with Crippen LogP contribution < -0.4 is 15.9 Å². The molecule has 178 valence electrons. The Kier molecular flexibility index (Phi) is 5.92. The summed E-state index contributed by atoms with van der Waals surface area (Å²) in [7, 11) is -3.28. The van der Waals surface area contributed by atoms with E-state index in [0.717, 1.165) is 38.2 Å². The van der Waals surface area contributed by atoms with E-state index in [0.29, 0.717) is 11.3 Å². The minimum absolute atomic E-state index is 0.208. The Hall–Kier alpha value is -4.46. The van der Waals surface area contributed by atoms with Crippen LogP contribution in [0.25, 0.3) is 10.9 Å². The molecule has 37 heavy (non-hydrogen) atoms. The molecule has 1 aliphatic heterocycles. The van der Waals surface area contributed by atoms with E-state index in [1.54, 1.807) is 12.1 Å². The van der Waals surface area contributed by atoms with Crippen molar-refractivity contribution in [2.75, 3.05) is 5.32 Å². The lowest BCUT2D eigenvalue weighted by Gasteiger charge is -2.22. The summed E-state index contributed by atoms with van der Waals surface area (Å²) in [6, 6.07) is 44.5. The fourth-order valence-electron chi connectivity index (χ4n) is 5.06. The molecule has 1 N–H and O–H groups in total. The first-order chi connectivity index (χ1) is 18.2. The molecular weight excluding hydrogens is 473 g/mol. The largest absolute Gasteiger partial charge is 0.321 e. The maximum atomic E-state index is 15.5. The summed E-state index contributed by atoms with van der Waals surface area (Å²) >= 11 is 0. The van der Waals surface area contributed by atoms with E-state index in [-0.39, 0.29) is 5.91 Å². The van der Waals surface area contributed by atoms with Crippen molar-refractivity contribution in [2.45, 2.75) is 0 Å². The minimum Gasteiger partial charge on any atom is -0.321 e. The molecule has 0 spiro atoms. The van der Waals surface area contributed by atoms with Crippen LogP contribution in [0.3, 0.4) is 0 Å². The van der Waals surface area contributed by atoms with E-state index >= 15 is 4.57 Å². The summed E-state index contributed by atoms with van der Waals surface area (Å²) in [6.45, 7) is 0. The standard InChI is InChI=1S/C33H24NO2P/c35-33(25-16-6-2-7-17-25)34-29-22-12-10-20-27(29)32-31(24-14-4-1-5-15-24)28-21-11-13-23-30(28)37(32,36)26-18-8-3-9-19-26/h1-23H,(H,34,35)/t37-/m1/s1. The third-order valence-electron chi connectivity index (χ3n) is 6.71. The molecule has 3 nitrogen and oxygen atoms in total. The van der Waals surface area contributed by atoms with Crippen molar-refractivity contribution in [3.63, 3.8) is 0 Å². The van der Waals surface area contributed by atoms with Crippen LogP contribution in [0.1, 0.15) is 27.0 Å². The second-order valence-corrected chi connectivity index (χ2v) is 11.6. The number of hydrogen-bond donors (Lipinski definition) is 1. The summed E-state index contributed by atoms with van der Waals surface area (Å²) in [5.74, 6) is -0.208. The SMILES string of the molecule is O=C(Nc1ccccc1C1=C(c2ccccc2)c2ccccc2[P@]1(=O)c1ccccc1)c1ccccc1. The number of carbonyl (C=O) groups is 1. The molecule has 0 radical (unpaired) electrons. The summed E-state index contributed by atoms with van der Waals surface area (Å²) in [5, 5.41) is 5.43. The molecule has 6 rings (SSSR count). The normalized spacial score (nSPS) is 16.3. The molecule has 1 heterocycles. The predicted molar refractivity (Wildman–Crippen MR) is 153 cm³/mol. The highest BCUT2D eigenvalue weighted by Gasteiger charge is 2.43. The number of para-hydroxylation sites is 1. The van der Waals surface area contributed by atoms with Gasteiger partial charge in [-0.3, -0.25) is 4.79 Å². The molecule has 0 aromatic heterocycles. The van der Waals surface area contributed by atoms with Gasteiger partial charge in [-0.2, -0.15) is 0 Å². The average molecular weight is 498 g/mol. The highest BCUT2D eigenvalue weighted by molar-refractivity contribution is 7.88. The summed E-state index contributed by atoms with van der Waals surface area (Å²) in [4.78, 5) is 13.2. The van der Waals surface area contributed by atoms with Crippen molar-refractivity contribution in [1.82, 2.24) is 0 Å². The first-order valence-electron chi connectivity index (χ1n) is 12.2. The third-order valence-corrected chi connectivity index (χ3v) is 9.90. The van der Waals surface area contributed by atoms with Crippen molar-refractivity contribution < 1.29 is 9.36 Å². The van der Waals surface area contributed by atoms with Crippen molar-refractivity contribution >= 4 is 40.2 Å². The topological polar surface area (TPSA) is 46.2 Å². The fourth-order valence-corrected chi connectivity index (χ4v) is 8.34. The quantitative estimate of drug-likeness (QED) is 0.261. The molecule has 0 unspecified atom stereocenters. The highest BCUT2D eigenvalue weighted by Crippen LogP contribution is 2.66. The first kappa shape index (κ1) is 23.0. The minimum atomic E-state index is -3.28. The van der Waals surface area contributed by atoms with Gasteiger partial charge < -0.3 is 9.88 Å². The van der Waals surface area contributed by atoms with Crippen LogP contribution in [0.15, 0.2) is 140 Å². The Morgan fingerprint density at radius 1 is 0.568 bits per heavy atom. The van der Waals surface area contributed by atoms with Crippen molar-refractivity contribution in [1.29, 1.82) is 0 Å². The van der Waals surface area contributed by atoms with Crippen LogP contribution in [0.5, 0.6) is 0 Å². The second kappa shape index (κ2) is 9.54. The number of carbonyl (C=O) groups excluding carboxylic acids is 1. The van der Waals surface area contributed by atoms with Gasteiger partial charge in [-0.25, -0.2) is 0 Å². The zero-order valence-electron chi connectivity index (χ0n) is 20.0. The number of hydrogen-bond acceptors (Lipinski definition) is 2. The lowest BCUT2D eigenvalue weighted by molar-refractivity contribution is 0.102. The zero-order valence-corrected chi connectivity index (χ0v) is 20.9. The maximum absolute atomic E-state index is 15.5. The van der Waals surface area contributed by atoms with Gasteiger partial charge in [0.05, 0.1) is 0 Å². The van der Waals surface area contributed by atoms with Gasteiger partial charge in [-0.1, -0.05) is 121 Å². The molecular formula is C33H24NO2P. The fraction of sp³-hybridized carbons (Fsp3) is 0. The van der Waals surface area contributed by atoms with Gasteiger partial charge >= 0.3 is 0 Å². The van der Waals surface area contributed by atoms with Crippen molar-refractivity contribution in [3.05, 3.63) is 162 Å². The van der Waals surface area contributed by atoms with Crippen LogP contribution in [0.4, 0.5) is 5.69 Å². The molecule has 0 aliphatic carbocycles. The van der Waals surface area contributed by atoms with Gasteiger partial charge in [0.2, 0.25) is 0 Å². The third kappa shape index (κ3) is 3.94. The smallest absolute Gasteiger partial charge is 0.255 e. The van der Waals surface area contributed by atoms with Crippen LogP contribution in [0.2, 0.25) is 0 Å². The van der Waals surface area contributed by atoms with Gasteiger partial charge in [-0.05, 0) is 29.3 Å². The van der Waals surface area contributed by atoms with Gasteiger partial charge in [-0.15, -0.1) is 0 Å². The van der Waals surface area contributed by atoms with Gasteiger partial charge in [0.15, 0.2) is 7.14 Å². The van der Waals surface area contributed by atoms with Crippen LogP contribution in [0, 0.1) is 0 Å². The Bertz CT molecular complexity index is 1680. The Labute approximate surface area is 216 Å². The summed E-state index contributed by atoms with van der Waals surface area (Å²) < 4.78 is 15.5. The van der Waals surface area contributed by atoms with Crippen molar-refractivity contribution in [2.24, 2.45) is 0 Å². The zero-order chi connectivity index (χ0) is 25.2. The highest BCUT2D eigenvalue weighted by atomic mass is 31.2. The number of benzene rings is 5. The molecule has 1 amide bonds. The molecule has 1 atom stereocenters. The summed E-state index contributed by atoms with van der Waals surface area (Å²) in [5.41, 5.74) is 4.83. The molecule has 0 fully saturated rings. The van der Waals surface area contributed by atoms with Crippen molar-refractivity contribution in [3.8, 4) is 0 Å². The van der Waals surface area contributed by atoms with E-state index in [4.69, 9.17) is 0 Å². The van der Waals surface area contributed by atoms with Gasteiger partial charge in [0.25, 0.3) is 5.91 Å². The van der Waals surface area contributed by atoms with E-state index in [1.807, 2.05) is 115 Å². The molecule has 5 aromatic rings. The van der Waals surface area contributed by atoms with Crippen LogP contribution >= 0.6 is 7.14 Å². The monoisotopic (exact) mass is 497 g/mol. The Morgan fingerprint density at radius 3 is 1.81 bits per heavy atom. The van der Waals surface area contributed by atoms with Gasteiger partial charge in [0.1, 0.15) is 0 Å². The van der Waals surface area contributed by atoms with E-state index in [1.165, 1.54) is 0 Å². The van der Waals surface area contributed by atoms with Gasteiger partial charge in [0, 0.05) is 38.3 Å². The molecule has 0 bridgehead atoms. The number of rotatable bonds is 5. The van der Waals surface area contributed by atoms with Crippen LogP contribution in [-0.4, -0.2) is 5.91 Å². The molecule has 4 heteroatoms. The lowest BCUT2D eigenvalue weighted by atomic mass is 9.95. The number of anilines is 1. The number of nitrogens with one attached hydrogen (secondary N) is 1.